The van der Waals surface area contributed by atoms with Gasteiger partial charge in [-0.15, -0.1) is 11.8 Å². The number of alkyl halides is 3. The van der Waals surface area contributed by atoms with Crippen molar-refractivity contribution in [2.24, 2.45) is 0 Å². The van der Waals surface area contributed by atoms with Gasteiger partial charge in [0.05, 0.1) is 16.8 Å². The predicted octanol–water partition coefficient (Wildman–Crippen LogP) is 6.91. The Bertz CT molecular complexity index is 1230. The Hall–Kier alpha value is -2.93. The third kappa shape index (κ3) is 4.28. The first-order chi connectivity index (χ1) is 14.8. The van der Waals surface area contributed by atoms with Gasteiger partial charge in [-0.3, -0.25) is 0 Å². The van der Waals surface area contributed by atoms with Crippen molar-refractivity contribution in [1.82, 2.24) is 9.78 Å². The zero-order valence-corrected chi connectivity index (χ0v) is 17.9. The van der Waals surface area contributed by atoms with Gasteiger partial charge < -0.3 is 5.11 Å². The molecule has 1 aromatic heterocycles. The molecule has 0 saturated heterocycles. The molecule has 160 valence electrons. The molecule has 0 atom stereocenters. The Morgan fingerprint density at radius 1 is 1.03 bits per heavy atom. The van der Waals surface area contributed by atoms with E-state index in [0.717, 1.165) is 51.0 Å². The fraction of sp³-hybridized carbons (Fsp3) is 0.208. The van der Waals surface area contributed by atoms with E-state index in [9.17, 15) is 18.3 Å². The Labute approximate surface area is 182 Å². The maximum atomic E-state index is 12.8. The quantitative estimate of drug-likeness (QED) is 0.341. The van der Waals surface area contributed by atoms with Gasteiger partial charge in [-0.1, -0.05) is 19.1 Å². The van der Waals surface area contributed by atoms with Gasteiger partial charge in [-0.25, -0.2) is 4.68 Å². The molecule has 0 bridgehead atoms. The summed E-state index contributed by atoms with van der Waals surface area (Å²) in [5.41, 5.74) is 3.81. The number of phenols is 1. The van der Waals surface area contributed by atoms with Crippen LogP contribution in [0.2, 0.25) is 0 Å². The Kier molecular flexibility index (Phi) is 5.71. The number of phenolic OH excluding ortho intramolecular Hbond substituents is 1. The van der Waals surface area contributed by atoms with Crippen LogP contribution in [0.5, 0.6) is 5.75 Å². The van der Waals surface area contributed by atoms with Crippen molar-refractivity contribution in [3.8, 4) is 11.4 Å². The van der Waals surface area contributed by atoms with Crippen LogP contribution in [0.1, 0.15) is 29.2 Å². The molecule has 0 aliphatic heterocycles. The molecule has 0 amide bonds. The Morgan fingerprint density at radius 3 is 2.45 bits per heavy atom. The van der Waals surface area contributed by atoms with E-state index in [1.807, 2.05) is 37.4 Å². The van der Waals surface area contributed by atoms with Crippen molar-refractivity contribution in [3.05, 3.63) is 83.0 Å². The molecule has 0 aliphatic rings. The SMILES string of the molecule is CCc1c(SCc2cccc3nn(-c4ccc(C(F)(F)F)cc4)cc23)ccc(O)c1C. The van der Waals surface area contributed by atoms with Gasteiger partial charge in [0.1, 0.15) is 5.75 Å². The standard InChI is InChI=1S/C24H21F3N2OS/c1-3-19-15(2)22(30)11-12-23(19)31-14-16-5-4-6-21-20(16)13-29(28-21)18-9-7-17(8-10-18)24(25,26)27/h4-13,30H,3,14H2,1-2H3. The summed E-state index contributed by atoms with van der Waals surface area (Å²) in [5, 5.41) is 15.5. The molecule has 7 heteroatoms. The third-order valence-corrected chi connectivity index (χ3v) is 6.51. The van der Waals surface area contributed by atoms with Crippen molar-refractivity contribution < 1.29 is 18.3 Å². The minimum atomic E-state index is -4.36. The second kappa shape index (κ2) is 8.30. The van der Waals surface area contributed by atoms with Crippen molar-refractivity contribution in [3.63, 3.8) is 0 Å². The van der Waals surface area contributed by atoms with Crippen LogP contribution in [0.4, 0.5) is 13.2 Å². The molecule has 1 heterocycles. The summed E-state index contributed by atoms with van der Waals surface area (Å²) in [5.74, 6) is 1.02. The summed E-state index contributed by atoms with van der Waals surface area (Å²) in [6.45, 7) is 3.99. The monoisotopic (exact) mass is 442 g/mol. The molecular weight excluding hydrogens is 421 g/mol. The van der Waals surface area contributed by atoms with Crippen LogP contribution in [-0.2, 0) is 18.3 Å². The first-order valence-corrected chi connectivity index (χ1v) is 10.9. The molecule has 0 saturated carbocycles. The van der Waals surface area contributed by atoms with Gasteiger partial charge in [0, 0.05) is 22.2 Å². The number of fused-ring (bicyclic) bond motifs is 1. The lowest BCUT2D eigenvalue weighted by Gasteiger charge is -2.12. The molecule has 31 heavy (non-hydrogen) atoms. The first-order valence-electron chi connectivity index (χ1n) is 9.87. The van der Waals surface area contributed by atoms with E-state index in [0.29, 0.717) is 17.2 Å². The number of aromatic nitrogens is 2. The smallest absolute Gasteiger partial charge is 0.416 e. The molecule has 0 unspecified atom stereocenters. The maximum absolute atomic E-state index is 12.8. The summed E-state index contributed by atoms with van der Waals surface area (Å²) in [7, 11) is 0. The van der Waals surface area contributed by atoms with Crippen molar-refractivity contribution in [2.45, 2.75) is 37.1 Å². The number of nitrogens with zero attached hydrogens (tertiary/aromatic N) is 2. The molecule has 3 nitrogen and oxygen atoms in total. The van der Waals surface area contributed by atoms with Gasteiger partial charge in [0.25, 0.3) is 0 Å². The van der Waals surface area contributed by atoms with Crippen LogP contribution in [0.25, 0.3) is 16.6 Å². The van der Waals surface area contributed by atoms with Gasteiger partial charge in [-0.2, -0.15) is 18.3 Å². The molecule has 0 radical (unpaired) electrons. The molecule has 3 aromatic carbocycles. The number of hydrogen-bond donors (Lipinski definition) is 1. The van der Waals surface area contributed by atoms with E-state index in [2.05, 4.69) is 12.0 Å². The number of hydrogen-bond acceptors (Lipinski definition) is 3. The average Bonchev–Trinajstić information content (AvgIpc) is 3.19. The second-order valence-electron chi connectivity index (χ2n) is 7.30. The predicted molar refractivity (Wildman–Crippen MR) is 118 cm³/mol. The van der Waals surface area contributed by atoms with E-state index >= 15 is 0 Å². The molecule has 0 spiro atoms. The number of benzene rings is 3. The molecule has 4 rings (SSSR count). The highest BCUT2D eigenvalue weighted by atomic mass is 32.2. The number of aromatic hydroxyl groups is 1. The zero-order valence-electron chi connectivity index (χ0n) is 17.1. The highest BCUT2D eigenvalue weighted by Gasteiger charge is 2.30. The molecule has 1 N–H and O–H groups in total. The molecule has 0 aliphatic carbocycles. The van der Waals surface area contributed by atoms with Gasteiger partial charge in [-0.05, 0) is 72.5 Å². The second-order valence-corrected chi connectivity index (χ2v) is 8.31. The summed E-state index contributed by atoms with van der Waals surface area (Å²) < 4.78 is 40.1. The topological polar surface area (TPSA) is 38.0 Å². The van der Waals surface area contributed by atoms with Crippen molar-refractivity contribution in [2.75, 3.05) is 0 Å². The van der Waals surface area contributed by atoms with Crippen LogP contribution < -0.4 is 0 Å². The van der Waals surface area contributed by atoms with Gasteiger partial charge in [0.2, 0.25) is 0 Å². The lowest BCUT2D eigenvalue weighted by atomic mass is 10.1. The largest absolute Gasteiger partial charge is 0.508 e. The fourth-order valence-electron chi connectivity index (χ4n) is 3.61. The van der Waals surface area contributed by atoms with Gasteiger partial charge >= 0.3 is 6.18 Å². The average molecular weight is 443 g/mol. The fourth-order valence-corrected chi connectivity index (χ4v) is 4.81. The summed E-state index contributed by atoms with van der Waals surface area (Å²) in [6, 6.07) is 14.5. The van der Waals surface area contributed by atoms with Crippen LogP contribution >= 0.6 is 11.8 Å². The zero-order chi connectivity index (χ0) is 22.2. The van der Waals surface area contributed by atoms with E-state index in [4.69, 9.17) is 0 Å². The van der Waals surface area contributed by atoms with Crippen LogP contribution in [0.15, 0.2) is 65.7 Å². The lowest BCUT2D eigenvalue weighted by molar-refractivity contribution is -0.137. The summed E-state index contributed by atoms with van der Waals surface area (Å²) in [4.78, 5) is 1.13. The highest BCUT2D eigenvalue weighted by Crippen LogP contribution is 2.34. The molecular formula is C24H21F3N2OS. The molecule has 4 aromatic rings. The Balaban J connectivity index is 1.62. The van der Waals surface area contributed by atoms with Crippen molar-refractivity contribution >= 4 is 22.7 Å². The van der Waals surface area contributed by atoms with Crippen molar-refractivity contribution in [1.29, 1.82) is 0 Å². The number of thioether (sulfide) groups is 1. The van der Waals surface area contributed by atoms with E-state index < -0.39 is 11.7 Å². The minimum Gasteiger partial charge on any atom is -0.508 e. The van der Waals surface area contributed by atoms with Crippen LogP contribution in [0, 0.1) is 6.92 Å². The van der Waals surface area contributed by atoms with Crippen LogP contribution in [0.3, 0.4) is 0 Å². The normalized spacial score (nSPS) is 11.9. The van der Waals surface area contributed by atoms with Crippen LogP contribution in [-0.4, -0.2) is 14.9 Å². The van der Waals surface area contributed by atoms with Gasteiger partial charge in [0.15, 0.2) is 0 Å². The maximum Gasteiger partial charge on any atom is 0.416 e. The first kappa shape index (κ1) is 21.3. The number of rotatable bonds is 5. The highest BCUT2D eigenvalue weighted by molar-refractivity contribution is 7.98. The summed E-state index contributed by atoms with van der Waals surface area (Å²) >= 11 is 1.70. The minimum absolute atomic E-state index is 0.307. The lowest BCUT2D eigenvalue weighted by Crippen LogP contribution is -2.05. The van der Waals surface area contributed by atoms with E-state index in [-0.39, 0.29) is 0 Å². The number of halogens is 3. The molecule has 0 fully saturated rings. The summed E-state index contributed by atoms with van der Waals surface area (Å²) in [6.07, 6.45) is -1.67. The van der Waals surface area contributed by atoms with E-state index in [1.165, 1.54) is 12.1 Å². The van der Waals surface area contributed by atoms with E-state index in [1.54, 1.807) is 22.5 Å². The third-order valence-electron chi connectivity index (χ3n) is 5.36. The Morgan fingerprint density at radius 2 is 1.77 bits per heavy atom.